The lowest BCUT2D eigenvalue weighted by Crippen LogP contribution is -2.05. The first-order chi connectivity index (χ1) is 7.04. The minimum absolute atomic E-state index is 0.172. The van der Waals surface area contributed by atoms with Crippen LogP contribution in [-0.4, -0.2) is 13.7 Å². The molecule has 0 heterocycles. The number of benzene rings is 1. The van der Waals surface area contributed by atoms with Crippen LogP contribution in [-0.2, 0) is 0 Å². The van der Waals surface area contributed by atoms with Crippen molar-refractivity contribution in [2.24, 2.45) is 0 Å². The molecule has 0 atom stereocenters. The predicted molar refractivity (Wildman–Crippen MR) is 53.3 cm³/mol. The van der Waals surface area contributed by atoms with E-state index in [0.29, 0.717) is 11.3 Å². The van der Waals surface area contributed by atoms with E-state index < -0.39 is 6.61 Å². The maximum absolute atomic E-state index is 12.1. The molecule has 83 valence electrons. The van der Waals surface area contributed by atoms with Gasteiger partial charge < -0.3 is 9.47 Å². The minimum atomic E-state index is -2.81. The fourth-order valence-electron chi connectivity index (χ4n) is 1.23. The Morgan fingerprint density at radius 2 is 1.93 bits per heavy atom. The summed E-state index contributed by atoms with van der Waals surface area (Å²) in [5.41, 5.74) is 0.634. The molecule has 1 rings (SSSR count). The fourth-order valence-corrected chi connectivity index (χ4v) is 1.23. The van der Waals surface area contributed by atoms with Gasteiger partial charge >= 0.3 is 6.61 Å². The molecule has 0 amide bonds. The van der Waals surface area contributed by atoms with Crippen LogP contribution < -0.4 is 9.47 Å². The third-order valence-corrected chi connectivity index (χ3v) is 1.94. The molecular formula is C11H13F2O2. The number of methoxy groups -OCH3 is 1. The van der Waals surface area contributed by atoms with Crippen molar-refractivity contribution in [2.45, 2.75) is 20.5 Å². The Bertz CT molecular complexity index is 324. The summed E-state index contributed by atoms with van der Waals surface area (Å²) >= 11 is 0. The molecular weight excluding hydrogens is 202 g/mol. The summed E-state index contributed by atoms with van der Waals surface area (Å²) in [6.07, 6.45) is 0. The molecule has 0 aliphatic rings. The van der Waals surface area contributed by atoms with Gasteiger partial charge in [-0.3, -0.25) is 0 Å². The summed E-state index contributed by atoms with van der Waals surface area (Å²) in [5, 5.41) is 0. The van der Waals surface area contributed by atoms with Crippen LogP contribution >= 0.6 is 0 Å². The largest absolute Gasteiger partial charge is 0.497 e. The van der Waals surface area contributed by atoms with Crippen molar-refractivity contribution in [3.05, 3.63) is 29.7 Å². The molecule has 0 unspecified atom stereocenters. The van der Waals surface area contributed by atoms with Gasteiger partial charge in [0.25, 0.3) is 0 Å². The summed E-state index contributed by atoms with van der Waals surface area (Å²) < 4.78 is 33.6. The Labute approximate surface area is 87.8 Å². The van der Waals surface area contributed by atoms with Crippen molar-refractivity contribution < 1.29 is 18.3 Å². The van der Waals surface area contributed by atoms with Crippen LogP contribution in [0.25, 0.3) is 0 Å². The number of alkyl halides is 2. The van der Waals surface area contributed by atoms with Crippen LogP contribution in [0.3, 0.4) is 0 Å². The van der Waals surface area contributed by atoms with Crippen molar-refractivity contribution in [3.8, 4) is 11.5 Å². The molecule has 0 N–H and O–H groups in total. The summed E-state index contributed by atoms with van der Waals surface area (Å²) in [4.78, 5) is 0. The lowest BCUT2D eigenvalue weighted by Gasteiger charge is -2.14. The number of halogens is 2. The van der Waals surface area contributed by atoms with Crippen LogP contribution in [0.4, 0.5) is 8.78 Å². The molecule has 1 radical (unpaired) electrons. The molecule has 0 aliphatic carbocycles. The topological polar surface area (TPSA) is 18.5 Å². The quantitative estimate of drug-likeness (QED) is 0.767. The second kappa shape index (κ2) is 4.96. The molecule has 0 bridgehead atoms. The first kappa shape index (κ1) is 11.8. The molecule has 0 aromatic heterocycles. The fraction of sp³-hybridized carbons (Fsp3) is 0.364. The van der Waals surface area contributed by atoms with E-state index in [0.717, 1.165) is 5.92 Å². The van der Waals surface area contributed by atoms with Gasteiger partial charge in [-0.15, -0.1) is 0 Å². The lowest BCUT2D eigenvalue weighted by molar-refractivity contribution is -0.0502. The highest BCUT2D eigenvalue weighted by molar-refractivity contribution is 5.46. The molecule has 0 saturated carbocycles. The van der Waals surface area contributed by atoms with Gasteiger partial charge in [-0.2, -0.15) is 8.78 Å². The highest BCUT2D eigenvalue weighted by atomic mass is 19.3. The van der Waals surface area contributed by atoms with Crippen molar-refractivity contribution in [3.63, 3.8) is 0 Å². The zero-order valence-electron chi connectivity index (χ0n) is 8.88. The Morgan fingerprint density at radius 1 is 1.27 bits per heavy atom. The summed E-state index contributed by atoms with van der Waals surface area (Å²) in [6, 6.07) is 4.74. The van der Waals surface area contributed by atoms with Crippen molar-refractivity contribution in [1.29, 1.82) is 0 Å². The zero-order chi connectivity index (χ0) is 11.4. The number of rotatable bonds is 4. The lowest BCUT2D eigenvalue weighted by atomic mass is 10.0. The molecule has 0 spiro atoms. The van der Waals surface area contributed by atoms with Gasteiger partial charge in [0.2, 0.25) is 0 Å². The van der Waals surface area contributed by atoms with E-state index in [1.807, 2.05) is 13.8 Å². The van der Waals surface area contributed by atoms with Gasteiger partial charge in [0, 0.05) is 11.5 Å². The van der Waals surface area contributed by atoms with Crippen molar-refractivity contribution in [1.82, 2.24) is 0 Å². The van der Waals surface area contributed by atoms with Gasteiger partial charge in [0.1, 0.15) is 11.5 Å². The highest BCUT2D eigenvalue weighted by Crippen LogP contribution is 2.30. The first-order valence-electron chi connectivity index (χ1n) is 4.48. The van der Waals surface area contributed by atoms with E-state index in [1.165, 1.54) is 13.2 Å². The highest BCUT2D eigenvalue weighted by Gasteiger charge is 2.13. The maximum Gasteiger partial charge on any atom is 0.387 e. The van der Waals surface area contributed by atoms with Crippen LogP contribution in [0.15, 0.2) is 18.2 Å². The van der Waals surface area contributed by atoms with Crippen molar-refractivity contribution in [2.75, 3.05) is 7.11 Å². The average molecular weight is 215 g/mol. The second-order valence-corrected chi connectivity index (χ2v) is 3.24. The van der Waals surface area contributed by atoms with Crippen molar-refractivity contribution >= 4 is 0 Å². The van der Waals surface area contributed by atoms with Crippen LogP contribution in [0, 0.1) is 5.92 Å². The van der Waals surface area contributed by atoms with E-state index in [1.54, 1.807) is 12.1 Å². The molecule has 15 heavy (non-hydrogen) atoms. The molecule has 0 aliphatic heterocycles. The minimum Gasteiger partial charge on any atom is -0.497 e. The molecule has 0 fully saturated rings. The van der Waals surface area contributed by atoms with Crippen LogP contribution in [0.2, 0.25) is 0 Å². The summed E-state index contributed by atoms with van der Waals surface area (Å²) in [7, 11) is 1.53. The predicted octanol–water partition coefficient (Wildman–Crippen LogP) is 3.26. The molecule has 2 nitrogen and oxygen atoms in total. The van der Waals surface area contributed by atoms with E-state index in [-0.39, 0.29) is 5.75 Å². The van der Waals surface area contributed by atoms with E-state index >= 15 is 0 Å². The van der Waals surface area contributed by atoms with Gasteiger partial charge in [-0.25, -0.2) is 0 Å². The van der Waals surface area contributed by atoms with E-state index in [2.05, 4.69) is 4.74 Å². The number of hydrogen-bond acceptors (Lipinski definition) is 2. The van der Waals surface area contributed by atoms with Crippen LogP contribution in [0.5, 0.6) is 11.5 Å². The van der Waals surface area contributed by atoms with Crippen LogP contribution in [0.1, 0.15) is 19.4 Å². The normalized spacial score (nSPS) is 10.9. The SMILES string of the molecule is COc1ccc(OC(F)F)c([C](C)C)c1. The smallest absolute Gasteiger partial charge is 0.387 e. The van der Waals surface area contributed by atoms with E-state index in [4.69, 9.17) is 4.74 Å². The molecule has 4 heteroatoms. The number of hydrogen-bond donors (Lipinski definition) is 0. The summed E-state index contributed by atoms with van der Waals surface area (Å²) in [6.45, 7) is 0.844. The van der Waals surface area contributed by atoms with Gasteiger partial charge in [-0.05, 0) is 18.2 Å². The Balaban J connectivity index is 3.03. The number of ether oxygens (including phenoxy) is 2. The second-order valence-electron chi connectivity index (χ2n) is 3.24. The summed E-state index contributed by atoms with van der Waals surface area (Å²) in [5.74, 6) is 1.68. The first-order valence-corrected chi connectivity index (χ1v) is 4.48. The zero-order valence-corrected chi connectivity index (χ0v) is 8.88. The van der Waals surface area contributed by atoms with Gasteiger partial charge in [-0.1, -0.05) is 13.8 Å². The third kappa shape index (κ3) is 3.08. The Kier molecular flexibility index (Phi) is 3.88. The Hall–Kier alpha value is -1.32. The molecule has 1 aromatic carbocycles. The van der Waals surface area contributed by atoms with E-state index in [9.17, 15) is 8.78 Å². The Morgan fingerprint density at radius 3 is 2.40 bits per heavy atom. The van der Waals surface area contributed by atoms with Gasteiger partial charge in [0.05, 0.1) is 7.11 Å². The average Bonchev–Trinajstić information content (AvgIpc) is 2.17. The monoisotopic (exact) mass is 215 g/mol. The maximum atomic E-state index is 12.1. The standard InChI is InChI=1S/C11H13F2O2/c1-7(2)9-6-8(14-3)4-5-10(9)15-11(12)13/h4-6,11H,1-3H3. The molecule has 0 saturated heterocycles. The third-order valence-electron chi connectivity index (χ3n) is 1.94. The van der Waals surface area contributed by atoms with Gasteiger partial charge in [0.15, 0.2) is 0 Å². The molecule has 1 aromatic rings.